The maximum Gasteiger partial charge on any atom is 0.341 e. The minimum atomic E-state index is -1.06. The van der Waals surface area contributed by atoms with E-state index in [1.807, 2.05) is 0 Å². The van der Waals surface area contributed by atoms with Crippen LogP contribution in [0, 0.1) is 0 Å². The van der Waals surface area contributed by atoms with Gasteiger partial charge in [0.25, 0.3) is 5.24 Å². The van der Waals surface area contributed by atoms with Crippen molar-refractivity contribution in [3.05, 3.63) is 29.8 Å². The Balaban J connectivity index is 2.05. The molecule has 1 aliphatic heterocycles. The molecule has 0 aliphatic carbocycles. The maximum atomic E-state index is 11.4. The van der Waals surface area contributed by atoms with Crippen molar-refractivity contribution in [2.45, 2.75) is 5.25 Å². The largest absolute Gasteiger partial charge is 0.482 e. The van der Waals surface area contributed by atoms with Crippen molar-refractivity contribution >= 4 is 28.9 Å². The van der Waals surface area contributed by atoms with Crippen LogP contribution in [0.4, 0.5) is 4.79 Å². The fraction of sp³-hybridized carbons (Fsp3) is 0.182. The SMILES string of the molecule is O=C(O)COc1ccc(C2SC(=O)NC2=O)cc1. The zero-order valence-corrected chi connectivity index (χ0v) is 9.90. The van der Waals surface area contributed by atoms with Gasteiger partial charge < -0.3 is 9.84 Å². The summed E-state index contributed by atoms with van der Waals surface area (Å²) in [6.45, 7) is -0.420. The Morgan fingerprint density at radius 3 is 2.50 bits per heavy atom. The number of thioether (sulfide) groups is 1. The number of imide groups is 1. The molecule has 1 heterocycles. The molecule has 1 aromatic rings. The van der Waals surface area contributed by atoms with Crippen LogP contribution < -0.4 is 10.1 Å². The Bertz CT molecular complexity index is 499. The second kappa shape index (κ2) is 5.09. The van der Waals surface area contributed by atoms with Crippen LogP contribution in [0.15, 0.2) is 24.3 Å². The van der Waals surface area contributed by atoms with Gasteiger partial charge in [0, 0.05) is 0 Å². The highest BCUT2D eigenvalue weighted by molar-refractivity contribution is 8.15. The molecule has 1 saturated heterocycles. The average molecular weight is 267 g/mol. The molecule has 2 rings (SSSR count). The molecule has 0 aromatic heterocycles. The van der Waals surface area contributed by atoms with Crippen LogP contribution in [0.3, 0.4) is 0 Å². The van der Waals surface area contributed by atoms with Crippen molar-refractivity contribution in [3.8, 4) is 5.75 Å². The summed E-state index contributed by atoms with van der Waals surface area (Å²) in [5.74, 6) is -1.00. The Labute approximate surface area is 106 Å². The van der Waals surface area contributed by atoms with Crippen molar-refractivity contribution in [1.82, 2.24) is 5.32 Å². The molecule has 1 fully saturated rings. The second-order valence-corrected chi connectivity index (χ2v) is 4.60. The lowest BCUT2D eigenvalue weighted by atomic mass is 10.1. The quantitative estimate of drug-likeness (QED) is 0.850. The van der Waals surface area contributed by atoms with Gasteiger partial charge in [-0.05, 0) is 29.5 Å². The third-order valence-electron chi connectivity index (χ3n) is 2.23. The van der Waals surface area contributed by atoms with Crippen LogP contribution in [0.2, 0.25) is 0 Å². The molecule has 0 bridgehead atoms. The van der Waals surface area contributed by atoms with E-state index < -0.39 is 17.8 Å². The molecular weight excluding hydrogens is 258 g/mol. The van der Waals surface area contributed by atoms with Crippen LogP contribution >= 0.6 is 11.8 Å². The third-order valence-corrected chi connectivity index (χ3v) is 3.27. The predicted octanol–water partition coefficient (Wildman–Crippen LogP) is 1.17. The second-order valence-electron chi connectivity index (χ2n) is 3.53. The van der Waals surface area contributed by atoms with E-state index in [-0.39, 0.29) is 11.1 Å². The summed E-state index contributed by atoms with van der Waals surface area (Å²) in [4.78, 5) is 32.8. The molecule has 0 saturated carbocycles. The number of aliphatic carboxylic acids is 1. The van der Waals surface area contributed by atoms with Gasteiger partial charge in [-0.25, -0.2) is 4.79 Å². The number of amides is 2. The number of benzene rings is 1. The molecule has 18 heavy (non-hydrogen) atoms. The van der Waals surface area contributed by atoms with E-state index in [9.17, 15) is 14.4 Å². The fourth-order valence-corrected chi connectivity index (χ4v) is 2.29. The molecular formula is C11H9NO5S. The lowest BCUT2D eigenvalue weighted by Crippen LogP contribution is -2.20. The fourth-order valence-electron chi connectivity index (χ4n) is 1.46. The summed E-state index contributed by atoms with van der Waals surface area (Å²) >= 11 is 0.916. The highest BCUT2D eigenvalue weighted by Crippen LogP contribution is 2.34. The summed E-state index contributed by atoms with van der Waals surface area (Å²) in [7, 11) is 0. The van der Waals surface area contributed by atoms with Crippen molar-refractivity contribution in [1.29, 1.82) is 0 Å². The van der Waals surface area contributed by atoms with Gasteiger partial charge in [0.15, 0.2) is 6.61 Å². The monoisotopic (exact) mass is 267 g/mol. The van der Waals surface area contributed by atoms with Crippen molar-refractivity contribution in [3.63, 3.8) is 0 Å². The van der Waals surface area contributed by atoms with Gasteiger partial charge in [0.05, 0.1) is 0 Å². The van der Waals surface area contributed by atoms with Crippen LogP contribution in [-0.4, -0.2) is 28.8 Å². The number of hydrogen-bond donors (Lipinski definition) is 2. The van der Waals surface area contributed by atoms with Gasteiger partial charge in [0.1, 0.15) is 11.0 Å². The Morgan fingerprint density at radius 1 is 1.33 bits per heavy atom. The van der Waals surface area contributed by atoms with E-state index in [4.69, 9.17) is 9.84 Å². The number of carbonyl (C=O) groups excluding carboxylic acids is 2. The molecule has 2 amide bonds. The Kier molecular flexibility index (Phi) is 3.52. The molecule has 2 N–H and O–H groups in total. The highest BCUT2D eigenvalue weighted by atomic mass is 32.2. The van der Waals surface area contributed by atoms with Crippen LogP contribution in [-0.2, 0) is 9.59 Å². The van der Waals surface area contributed by atoms with Gasteiger partial charge in [-0.1, -0.05) is 12.1 Å². The number of carbonyl (C=O) groups is 3. The first kappa shape index (κ1) is 12.4. The molecule has 7 heteroatoms. The number of rotatable bonds is 4. The van der Waals surface area contributed by atoms with Gasteiger partial charge >= 0.3 is 5.97 Å². The zero-order chi connectivity index (χ0) is 13.1. The smallest absolute Gasteiger partial charge is 0.341 e. The molecule has 1 atom stereocenters. The summed E-state index contributed by atoms with van der Waals surface area (Å²) in [5, 5.41) is 9.73. The molecule has 1 aromatic carbocycles. The third kappa shape index (κ3) is 2.80. The number of carboxylic acid groups (broad SMARTS) is 1. The highest BCUT2D eigenvalue weighted by Gasteiger charge is 2.32. The number of ether oxygens (including phenoxy) is 1. The Hall–Kier alpha value is -2.02. The molecule has 1 unspecified atom stereocenters. The van der Waals surface area contributed by atoms with Crippen LogP contribution in [0.5, 0.6) is 5.75 Å². The summed E-state index contributed by atoms with van der Waals surface area (Å²) < 4.78 is 4.96. The normalized spacial score (nSPS) is 18.6. The van der Waals surface area contributed by atoms with Gasteiger partial charge in [-0.3, -0.25) is 14.9 Å². The van der Waals surface area contributed by atoms with E-state index in [2.05, 4.69) is 5.32 Å². The van der Waals surface area contributed by atoms with E-state index in [1.54, 1.807) is 24.3 Å². The van der Waals surface area contributed by atoms with Crippen LogP contribution in [0.1, 0.15) is 10.8 Å². The molecule has 94 valence electrons. The van der Waals surface area contributed by atoms with Gasteiger partial charge in [-0.15, -0.1) is 0 Å². The first-order chi connectivity index (χ1) is 8.56. The van der Waals surface area contributed by atoms with E-state index in [1.165, 1.54) is 0 Å². The molecule has 1 aliphatic rings. The summed E-state index contributed by atoms with van der Waals surface area (Å²) in [5.41, 5.74) is 0.672. The van der Waals surface area contributed by atoms with Gasteiger partial charge in [0.2, 0.25) is 5.91 Å². The van der Waals surface area contributed by atoms with Gasteiger partial charge in [-0.2, -0.15) is 0 Å². The lowest BCUT2D eigenvalue weighted by molar-refractivity contribution is -0.139. The summed E-state index contributed by atoms with van der Waals surface area (Å²) in [6, 6.07) is 6.39. The van der Waals surface area contributed by atoms with E-state index in [0.717, 1.165) is 11.8 Å². The topological polar surface area (TPSA) is 92.7 Å². The first-order valence-electron chi connectivity index (χ1n) is 5.02. The lowest BCUT2D eigenvalue weighted by Gasteiger charge is -2.07. The Morgan fingerprint density at radius 2 is 2.00 bits per heavy atom. The first-order valence-corrected chi connectivity index (χ1v) is 5.90. The van der Waals surface area contributed by atoms with Crippen LogP contribution in [0.25, 0.3) is 0 Å². The van der Waals surface area contributed by atoms with Crippen molar-refractivity contribution < 1.29 is 24.2 Å². The standard InChI is InChI=1S/C11H9NO5S/c13-8(14)5-17-7-3-1-6(2-4-7)9-10(15)12-11(16)18-9/h1-4,9H,5H2,(H,13,14)(H,12,15,16). The summed E-state index contributed by atoms with van der Waals surface area (Å²) in [6.07, 6.45) is 0. The molecule has 0 radical (unpaired) electrons. The zero-order valence-electron chi connectivity index (χ0n) is 9.08. The maximum absolute atomic E-state index is 11.4. The number of carboxylic acids is 1. The van der Waals surface area contributed by atoms with E-state index >= 15 is 0 Å². The minimum Gasteiger partial charge on any atom is -0.482 e. The average Bonchev–Trinajstić information content (AvgIpc) is 2.66. The number of hydrogen-bond acceptors (Lipinski definition) is 5. The minimum absolute atomic E-state index is 0.343. The van der Waals surface area contributed by atoms with Crippen molar-refractivity contribution in [2.75, 3.05) is 6.61 Å². The predicted molar refractivity (Wildman–Crippen MR) is 63.4 cm³/mol. The van der Waals surface area contributed by atoms with Crippen molar-refractivity contribution in [2.24, 2.45) is 0 Å². The molecule has 0 spiro atoms. The number of nitrogens with one attached hydrogen (secondary N) is 1. The molecule has 6 nitrogen and oxygen atoms in total. The van der Waals surface area contributed by atoms with E-state index in [0.29, 0.717) is 11.3 Å².